The number of nitrogens with one attached hydrogen (secondary N) is 1. The standard InChI is InChI=1S/C20H20N4O2/c1-12(25)5-6-14-10-21-19-17(14)9-15(11-22-19)16-7-8-18(23-13(16)2)20(26)24(3)4/h5-11H,1-4H3,(H,21,22)/b6-5+. The van der Waals surface area contributed by atoms with Crippen molar-refractivity contribution < 1.29 is 9.59 Å². The number of pyridine rings is 2. The third-order valence-corrected chi connectivity index (χ3v) is 4.08. The fourth-order valence-electron chi connectivity index (χ4n) is 2.73. The molecule has 3 aromatic rings. The van der Waals surface area contributed by atoms with E-state index < -0.39 is 0 Å². The van der Waals surface area contributed by atoms with E-state index in [2.05, 4.69) is 15.0 Å². The van der Waals surface area contributed by atoms with Gasteiger partial charge in [0.25, 0.3) is 5.91 Å². The van der Waals surface area contributed by atoms with E-state index in [0.717, 1.165) is 33.4 Å². The Labute approximate surface area is 151 Å². The Balaban J connectivity index is 2.04. The number of aromatic amines is 1. The number of ketones is 1. The predicted molar refractivity (Wildman–Crippen MR) is 102 cm³/mol. The molecule has 0 atom stereocenters. The van der Waals surface area contributed by atoms with Gasteiger partial charge in [0.2, 0.25) is 0 Å². The monoisotopic (exact) mass is 348 g/mol. The minimum absolute atomic E-state index is 0.00958. The third-order valence-electron chi connectivity index (χ3n) is 4.08. The topological polar surface area (TPSA) is 79.0 Å². The second-order valence-corrected chi connectivity index (χ2v) is 6.34. The van der Waals surface area contributed by atoms with Crippen molar-refractivity contribution >= 4 is 28.8 Å². The molecular formula is C20H20N4O2. The molecule has 1 amide bonds. The zero-order chi connectivity index (χ0) is 18.8. The molecular weight excluding hydrogens is 328 g/mol. The van der Waals surface area contributed by atoms with Crippen LogP contribution in [0, 0.1) is 6.92 Å². The van der Waals surface area contributed by atoms with Crippen LogP contribution in [-0.4, -0.2) is 45.6 Å². The zero-order valence-electron chi connectivity index (χ0n) is 15.2. The van der Waals surface area contributed by atoms with Crippen LogP contribution in [0.25, 0.3) is 28.2 Å². The van der Waals surface area contributed by atoms with Gasteiger partial charge in [-0.15, -0.1) is 0 Å². The van der Waals surface area contributed by atoms with Gasteiger partial charge in [-0.3, -0.25) is 9.59 Å². The molecule has 3 rings (SSSR count). The maximum Gasteiger partial charge on any atom is 0.271 e. The van der Waals surface area contributed by atoms with Gasteiger partial charge in [-0.2, -0.15) is 0 Å². The van der Waals surface area contributed by atoms with E-state index in [1.54, 1.807) is 32.4 Å². The Morgan fingerprint density at radius 2 is 2.00 bits per heavy atom. The highest BCUT2D eigenvalue weighted by Gasteiger charge is 2.13. The van der Waals surface area contributed by atoms with Crippen LogP contribution < -0.4 is 0 Å². The third kappa shape index (κ3) is 3.39. The number of amides is 1. The van der Waals surface area contributed by atoms with E-state index in [1.165, 1.54) is 17.9 Å². The number of allylic oxidation sites excluding steroid dienone is 1. The zero-order valence-corrected chi connectivity index (χ0v) is 15.2. The molecule has 6 nitrogen and oxygen atoms in total. The molecule has 0 fully saturated rings. The molecule has 0 spiro atoms. The van der Waals surface area contributed by atoms with Crippen molar-refractivity contribution in [2.24, 2.45) is 0 Å². The molecule has 3 heterocycles. The highest BCUT2D eigenvalue weighted by molar-refractivity contribution is 5.96. The molecule has 0 aliphatic rings. The quantitative estimate of drug-likeness (QED) is 0.734. The summed E-state index contributed by atoms with van der Waals surface area (Å²) in [5.41, 5.74) is 4.64. The molecule has 26 heavy (non-hydrogen) atoms. The van der Waals surface area contributed by atoms with E-state index in [0.29, 0.717) is 5.69 Å². The van der Waals surface area contributed by atoms with Crippen LogP contribution in [0.5, 0.6) is 0 Å². The summed E-state index contributed by atoms with van der Waals surface area (Å²) in [4.78, 5) is 36.8. The summed E-state index contributed by atoms with van der Waals surface area (Å²) in [6.45, 7) is 3.39. The summed E-state index contributed by atoms with van der Waals surface area (Å²) >= 11 is 0. The molecule has 0 aliphatic carbocycles. The first-order valence-electron chi connectivity index (χ1n) is 8.22. The number of nitrogens with zero attached hydrogens (tertiary/aromatic N) is 3. The number of aromatic nitrogens is 3. The predicted octanol–water partition coefficient (Wildman–Crippen LogP) is 3.24. The summed E-state index contributed by atoms with van der Waals surface area (Å²) in [6, 6.07) is 5.62. The van der Waals surface area contributed by atoms with Crippen LogP contribution in [-0.2, 0) is 4.79 Å². The summed E-state index contributed by atoms with van der Waals surface area (Å²) < 4.78 is 0. The van der Waals surface area contributed by atoms with E-state index in [1.807, 2.05) is 25.3 Å². The van der Waals surface area contributed by atoms with Crippen molar-refractivity contribution in [2.45, 2.75) is 13.8 Å². The first-order valence-corrected chi connectivity index (χ1v) is 8.22. The van der Waals surface area contributed by atoms with E-state index in [-0.39, 0.29) is 11.7 Å². The molecule has 1 N–H and O–H groups in total. The summed E-state index contributed by atoms with van der Waals surface area (Å²) in [5, 5.41) is 0.924. The average Bonchev–Trinajstić information content (AvgIpc) is 3.01. The SMILES string of the molecule is CC(=O)/C=C/c1c[nH]c2ncc(-c3ccc(C(=O)N(C)C)nc3C)cc12. The lowest BCUT2D eigenvalue weighted by atomic mass is 10.0. The fraction of sp³-hybridized carbons (Fsp3) is 0.200. The molecule has 3 aromatic heterocycles. The Morgan fingerprint density at radius 1 is 1.23 bits per heavy atom. The maximum atomic E-state index is 12.1. The van der Waals surface area contributed by atoms with Gasteiger partial charge in [-0.1, -0.05) is 6.07 Å². The van der Waals surface area contributed by atoms with Crippen molar-refractivity contribution in [1.29, 1.82) is 0 Å². The van der Waals surface area contributed by atoms with Crippen LogP contribution in [0.3, 0.4) is 0 Å². The summed E-state index contributed by atoms with van der Waals surface area (Å²) in [7, 11) is 3.40. The number of carbonyl (C=O) groups is 2. The minimum atomic E-state index is -0.129. The highest BCUT2D eigenvalue weighted by atomic mass is 16.2. The molecule has 0 radical (unpaired) electrons. The smallest absolute Gasteiger partial charge is 0.271 e. The van der Waals surface area contributed by atoms with Crippen LogP contribution in [0.15, 0.2) is 36.7 Å². The molecule has 0 saturated heterocycles. The number of rotatable bonds is 4. The van der Waals surface area contributed by atoms with Gasteiger partial charge in [0.15, 0.2) is 5.78 Å². The van der Waals surface area contributed by atoms with Crippen molar-refractivity contribution in [3.8, 4) is 11.1 Å². The molecule has 0 aliphatic heterocycles. The molecule has 6 heteroatoms. The van der Waals surface area contributed by atoms with Gasteiger partial charge in [-0.25, -0.2) is 9.97 Å². The lowest BCUT2D eigenvalue weighted by Gasteiger charge is -2.12. The normalized spacial score (nSPS) is 11.2. The van der Waals surface area contributed by atoms with E-state index in [4.69, 9.17) is 0 Å². The molecule has 0 saturated carbocycles. The largest absolute Gasteiger partial charge is 0.346 e. The second-order valence-electron chi connectivity index (χ2n) is 6.34. The first-order chi connectivity index (χ1) is 12.4. The lowest BCUT2D eigenvalue weighted by Crippen LogP contribution is -2.23. The number of aryl methyl sites for hydroxylation is 1. The van der Waals surface area contributed by atoms with Crippen LogP contribution in [0.1, 0.15) is 28.7 Å². The van der Waals surface area contributed by atoms with Gasteiger partial charge < -0.3 is 9.88 Å². The van der Waals surface area contributed by atoms with Crippen molar-refractivity contribution in [1.82, 2.24) is 19.9 Å². The molecule has 0 bridgehead atoms. The molecule has 0 unspecified atom stereocenters. The number of H-pyrrole nitrogens is 1. The minimum Gasteiger partial charge on any atom is -0.346 e. The fourth-order valence-corrected chi connectivity index (χ4v) is 2.73. The Hall–Kier alpha value is -3.28. The lowest BCUT2D eigenvalue weighted by molar-refractivity contribution is -0.112. The van der Waals surface area contributed by atoms with Gasteiger partial charge in [0, 0.05) is 54.3 Å². The van der Waals surface area contributed by atoms with Gasteiger partial charge in [0.05, 0.1) is 0 Å². The number of hydrogen-bond donors (Lipinski definition) is 1. The van der Waals surface area contributed by atoms with Crippen LogP contribution in [0.2, 0.25) is 0 Å². The summed E-state index contributed by atoms with van der Waals surface area (Å²) in [5.74, 6) is -0.139. The van der Waals surface area contributed by atoms with Crippen LogP contribution >= 0.6 is 0 Å². The van der Waals surface area contributed by atoms with Crippen LogP contribution in [0.4, 0.5) is 0 Å². The van der Waals surface area contributed by atoms with E-state index >= 15 is 0 Å². The maximum absolute atomic E-state index is 12.1. The average molecular weight is 348 g/mol. The van der Waals surface area contributed by atoms with Crippen molar-refractivity contribution in [3.63, 3.8) is 0 Å². The first kappa shape index (κ1) is 17.5. The second kappa shape index (κ2) is 6.92. The van der Waals surface area contributed by atoms with Gasteiger partial charge >= 0.3 is 0 Å². The molecule has 132 valence electrons. The number of fused-ring (bicyclic) bond motifs is 1. The highest BCUT2D eigenvalue weighted by Crippen LogP contribution is 2.27. The van der Waals surface area contributed by atoms with Gasteiger partial charge in [-0.05, 0) is 38.1 Å². The van der Waals surface area contributed by atoms with E-state index in [9.17, 15) is 9.59 Å². The number of hydrogen-bond acceptors (Lipinski definition) is 4. The van der Waals surface area contributed by atoms with Crippen molar-refractivity contribution in [3.05, 3.63) is 53.6 Å². The number of carbonyl (C=O) groups excluding carboxylic acids is 2. The van der Waals surface area contributed by atoms with Gasteiger partial charge in [0.1, 0.15) is 11.3 Å². The Morgan fingerprint density at radius 3 is 2.65 bits per heavy atom. The Bertz CT molecular complexity index is 1030. The van der Waals surface area contributed by atoms with Crippen molar-refractivity contribution in [2.75, 3.05) is 14.1 Å². The summed E-state index contributed by atoms with van der Waals surface area (Å²) in [6.07, 6.45) is 6.90. The Kier molecular flexibility index (Phi) is 4.67. The molecule has 0 aromatic carbocycles.